The molecule has 33 heavy (non-hydrogen) atoms. The molecule has 168 valence electrons. The summed E-state index contributed by atoms with van der Waals surface area (Å²) in [4.78, 5) is 15.3. The van der Waals surface area contributed by atoms with E-state index >= 15 is 0 Å². The molecule has 3 aromatic carbocycles. The molecule has 7 nitrogen and oxygen atoms in total. The van der Waals surface area contributed by atoms with Crippen molar-refractivity contribution in [2.45, 2.75) is 17.7 Å². The van der Waals surface area contributed by atoms with Crippen LogP contribution in [-0.4, -0.2) is 38.2 Å². The summed E-state index contributed by atoms with van der Waals surface area (Å²) >= 11 is 0. The first kappa shape index (κ1) is 21.2. The van der Waals surface area contributed by atoms with Gasteiger partial charge in [0.05, 0.1) is 11.6 Å². The molecular weight excluding hydrogens is 438 g/mol. The van der Waals surface area contributed by atoms with Gasteiger partial charge < -0.3 is 15.0 Å². The third kappa shape index (κ3) is 4.34. The number of hydrogen-bond acceptors (Lipinski definition) is 5. The number of anilines is 1. The molecule has 2 aliphatic rings. The van der Waals surface area contributed by atoms with Crippen LogP contribution in [0.2, 0.25) is 0 Å². The van der Waals surface area contributed by atoms with Crippen LogP contribution in [0.5, 0.6) is 11.5 Å². The van der Waals surface area contributed by atoms with E-state index in [0.29, 0.717) is 48.1 Å². The average molecular weight is 462 g/mol. The number of rotatable bonds is 4. The van der Waals surface area contributed by atoms with Crippen molar-refractivity contribution < 1.29 is 17.9 Å². The number of likely N-dealkylation sites (tertiary alicyclic amines) is 1. The Morgan fingerprint density at radius 2 is 1.70 bits per heavy atom. The first-order valence-corrected chi connectivity index (χ1v) is 12.3. The maximum absolute atomic E-state index is 13.2. The Balaban J connectivity index is 1.32. The number of sulfonamides is 1. The smallest absolute Gasteiger partial charge is 0.285 e. The van der Waals surface area contributed by atoms with Gasteiger partial charge in [0.25, 0.3) is 10.0 Å². The van der Waals surface area contributed by atoms with Gasteiger partial charge in [0, 0.05) is 18.7 Å². The summed E-state index contributed by atoms with van der Waals surface area (Å²) in [5.41, 5.74) is 1.19. The lowest BCUT2D eigenvalue weighted by Gasteiger charge is -2.33. The van der Waals surface area contributed by atoms with E-state index < -0.39 is 10.0 Å². The van der Waals surface area contributed by atoms with Crippen molar-refractivity contribution in [2.75, 3.05) is 18.4 Å². The lowest BCUT2D eigenvalue weighted by Crippen LogP contribution is -2.43. The summed E-state index contributed by atoms with van der Waals surface area (Å²) in [6, 6.07) is 23.5. The van der Waals surface area contributed by atoms with Crippen LogP contribution in [0.25, 0.3) is 0 Å². The van der Waals surface area contributed by atoms with Crippen molar-refractivity contribution in [1.82, 2.24) is 4.90 Å². The second-order valence-electron chi connectivity index (χ2n) is 8.07. The van der Waals surface area contributed by atoms with Crippen LogP contribution < -0.4 is 10.1 Å². The number of ether oxygens (including phenoxy) is 1. The van der Waals surface area contributed by atoms with Crippen molar-refractivity contribution in [2.24, 2.45) is 10.3 Å². The van der Waals surface area contributed by atoms with Crippen LogP contribution in [0, 0.1) is 5.92 Å². The predicted molar refractivity (Wildman–Crippen MR) is 126 cm³/mol. The highest BCUT2D eigenvalue weighted by Gasteiger charge is 2.35. The maximum atomic E-state index is 13.2. The normalized spacial score (nSPS) is 18.8. The summed E-state index contributed by atoms with van der Waals surface area (Å²) in [6.45, 7) is 1.05. The zero-order chi connectivity index (χ0) is 22.8. The van der Waals surface area contributed by atoms with E-state index in [1.807, 2.05) is 53.4 Å². The minimum absolute atomic E-state index is 0.126. The quantitative estimate of drug-likeness (QED) is 0.627. The number of carbonyl (C=O) groups excluding carboxylic acids is 1. The fraction of sp³-hybridized carbons (Fsp3) is 0.200. The number of benzene rings is 3. The summed E-state index contributed by atoms with van der Waals surface area (Å²) in [5, 5.41) is 3.00. The molecular formula is C25H23N3O4S. The van der Waals surface area contributed by atoms with Crippen LogP contribution in [-0.2, 0) is 14.8 Å². The largest absolute Gasteiger partial charge is 0.455 e. The Kier molecular flexibility index (Phi) is 5.60. The molecule has 1 fully saturated rings. The molecule has 1 N–H and O–H groups in total. The first-order chi connectivity index (χ1) is 16.0. The first-order valence-electron chi connectivity index (χ1n) is 10.8. The molecule has 0 spiro atoms. The number of fused-ring (bicyclic) bond motifs is 1. The van der Waals surface area contributed by atoms with Gasteiger partial charge in [-0.1, -0.05) is 42.5 Å². The third-order valence-electron chi connectivity index (χ3n) is 5.82. The van der Waals surface area contributed by atoms with Crippen molar-refractivity contribution in [1.29, 1.82) is 0 Å². The number of carbonyl (C=O) groups is 1. The van der Waals surface area contributed by atoms with Crippen LogP contribution in [0.3, 0.4) is 0 Å². The highest BCUT2D eigenvalue weighted by molar-refractivity contribution is 7.90. The van der Waals surface area contributed by atoms with Crippen molar-refractivity contribution in [3.05, 3.63) is 84.4 Å². The molecule has 0 bridgehead atoms. The van der Waals surface area contributed by atoms with Gasteiger partial charge in [0.2, 0.25) is 5.91 Å². The van der Waals surface area contributed by atoms with E-state index in [1.165, 1.54) is 0 Å². The fourth-order valence-electron chi connectivity index (χ4n) is 4.21. The monoisotopic (exact) mass is 461 g/mol. The summed E-state index contributed by atoms with van der Waals surface area (Å²) in [5.74, 6) is 1.24. The van der Waals surface area contributed by atoms with E-state index in [2.05, 4.69) is 9.71 Å². The number of amides is 1. The Bertz CT molecular complexity index is 1320. The second-order valence-corrected chi connectivity index (χ2v) is 9.64. The molecule has 8 heteroatoms. The van der Waals surface area contributed by atoms with E-state index in [1.54, 1.807) is 30.3 Å². The minimum atomic E-state index is -3.70. The molecule has 1 atom stereocenters. The number of para-hydroxylation sites is 3. The van der Waals surface area contributed by atoms with Gasteiger partial charge >= 0.3 is 0 Å². The number of nitrogens with zero attached hydrogens (tertiary/aromatic N) is 2. The van der Waals surface area contributed by atoms with Gasteiger partial charge in [-0.15, -0.1) is 4.40 Å². The zero-order valence-corrected chi connectivity index (χ0v) is 18.7. The molecule has 2 heterocycles. The standard InChI is InChI=1S/C25H23N3O4S/c29-25(26-21-13-5-6-14-22(21)32-19-10-2-1-3-11-19)18-9-8-16-28(17-18)24-20-12-4-7-15-23(20)33(30,31)27-24/h1-7,10-15,18H,8-9,16-17H2,(H,26,29). The number of amidine groups is 1. The van der Waals surface area contributed by atoms with Gasteiger partial charge in [0.15, 0.2) is 11.6 Å². The van der Waals surface area contributed by atoms with Crippen LogP contribution >= 0.6 is 0 Å². The van der Waals surface area contributed by atoms with Gasteiger partial charge in [-0.05, 0) is 49.2 Å². The van der Waals surface area contributed by atoms with Crippen molar-refractivity contribution in [3.8, 4) is 11.5 Å². The summed E-state index contributed by atoms with van der Waals surface area (Å²) in [7, 11) is -3.70. The van der Waals surface area contributed by atoms with E-state index in [-0.39, 0.29) is 16.7 Å². The van der Waals surface area contributed by atoms with Crippen molar-refractivity contribution in [3.63, 3.8) is 0 Å². The summed E-state index contributed by atoms with van der Waals surface area (Å²) < 4.78 is 34.9. The lowest BCUT2D eigenvalue weighted by atomic mass is 9.96. The Labute approximate surface area is 192 Å². The fourth-order valence-corrected chi connectivity index (χ4v) is 5.44. The van der Waals surface area contributed by atoms with Crippen LogP contribution in [0.4, 0.5) is 5.69 Å². The Morgan fingerprint density at radius 1 is 0.970 bits per heavy atom. The highest BCUT2D eigenvalue weighted by atomic mass is 32.2. The molecule has 1 amide bonds. The molecule has 3 aromatic rings. The molecule has 1 unspecified atom stereocenters. The second kappa shape index (κ2) is 8.71. The Morgan fingerprint density at radius 3 is 2.55 bits per heavy atom. The predicted octanol–water partition coefficient (Wildman–Crippen LogP) is 4.28. The number of nitrogens with one attached hydrogen (secondary N) is 1. The molecule has 0 saturated carbocycles. The van der Waals surface area contributed by atoms with E-state index in [4.69, 9.17) is 4.74 Å². The van der Waals surface area contributed by atoms with Crippen molar-refractivity contribution >= 4 is 27.5 Å². The van der Waals surface area contributed by atoms with Gasteiger partial charge in [-0.2, -0.15) is 8.42 Å². The molecule has 0 radical (unpaired) electrons. The zero-order valence-electron chi connectivity index (χ0n) is 17.8. The maximum Gasteiger partial charge on any atom is 0.285 e. The molecule has 5 rings (SSSR count). The van der Waals surface area contributed by atoms with Crippen LogP contribution in [0.15, 0.2) is 88.2 Å². The van der Waals surface area contributed by atoms with Gasteiger partial charge in [-0.25, -0.2) is 0 Å². The molecule has 1 saturated heterocycles. The lowest BCUT2D eigenvalue weighted by molar-refractivity contribution is -0.121. The van der Waals surface area contributed by atoms with Gasteiger partial charge in [-0.3, -0.25) is 4.79 Å². The SMILES string of the molecule is O=C(Nc1ccccc1Oc1ccccc1)C1CCCN(C2=NS(=O)(=O)c3ccccc32)C1. The third-order valence-corrected chi connectivity index (χ3v) is 7.15. The minimum Gasteiger partial charge on any atom is -0.455 e. The molecule has 2 aliphatic heterocycles. The Hall–Kier alpha value is -3.65. The topological polar surface area (TPSA) is 88.1 Å². The summed E-state index contributed by atoms with van der Waals surface area (Å²) in [6.07, 6.45) is 1.48. The van der Waals surface area contributed by atoms with E-state index in [0.717, 1.165) is 6.42 Å². The molecule has 0 aliphatic carbocycles. The average Bonchev–Trinajstić information content (AvgIpc) is 3.12. The molecule has 0 aromatic heterocycles. The van der Waals surface area contributed by atoms with E-state index in [9.17, 15) is 13.2 Å². The number of hydrogen-bond donors (Lipinski definition) is 1. The highest BCUT2D eigenvalue weighted by Crippen LogP contribution is 2.32. The number of piperidine rings is 1. The van der Waals surface area contributed by atoms with Crippen LogP contribution in [0.1, 0.15) is 18.4 Å². The van der Waals surface area contributed by atoms with Gasteiger partial charge in [0.1, 0.15) is 10.6 Å².